The minimum atomic E-state index is -3.54. The third-order valence-electron chi connectivity index (χ3n) is 7.59. The standard InChI is InChI=1S/C25H37N3O4S/c1-3-21-6-4-5-14-28(21)33(31,32)22-7-8-23-20(18-22)13-17-27(23)25(30)10-9-24(29)26-15-11-19(2)12-16-26/h7-8,18-19,21H,3-6,9-17H2,1-2H3. The minimum Gasteiger partial charge on any atom is -0.343 e. The number of sulfonamides is 1. The molecule has 4 rings (SSSR count). The quantitative estimate of drug-likeness (QED) is 0.630. The van der Waals surface area contributed by atoms with Crippen molar-refractivity contribution in [2.75, 3.05) is 31.1 Å². The number of rotatable bonds is 6. The van der Waals surface area contributed by atoms with Crippen LogP contribution in [0.5, 0.6) is 0 Å². The number of hydrogen-bond donors (Lipinski definition) is 0. The fraction of sp³-hybridized carbons (Fsp3) is 0.680. The van der Waals surface area contributed by atoms with Crippen molar-refractivity contribution < 1.29 is 18.0 Å². The molecule has 0 radical (unpaired) electrons. The van der Waals surface area contributed by atoms with Crippen molar-refractivity contribution in [3.8, 4) is 0 Å². The molecule has 0 spiro atoms. The van der Waals surface area contributed by atoms with E-state index in [1.165, 1.54) is 0 Å². The van der Waals surface area contributed by atoms with Crippen molar-refractivity contribution in [2.45, 2.75) is 82.6 Å². The summed E-state index contributed by atoms with van der Waals surface area (Å²) in [5, 5.41) is 0. The van der Waals surface area contributed by atoms with Crippen LogP contribution < -0.4 is 4.90 Å². The molecule has 0 aromatic heterocycles. The summed E-state index contributed by atoms with van der Waals surface area (Å²) in [4.78, 5) is 29.3. The zero-order chi connectivity index (χ0) is 23.6. The molecular formula is C25H37N3O4S. The van der Waals surface area contributed by atoms with Crippen LogP contribution in [0.2, 0.25) is 0 Å². The number of amides is 2. The van der Waals surface area contributed by atoms with Crippen LogP contribution in [0.1, 0.15) is 70.8 Å². The molecule has 0 saturated carbocycles. The van der Waals surface area contributed by atoms with Gasteiger partial charge in [-0.3, -0.25) is 9.59 Å². The Hall–Kier alpha value is -1.93. The van der Waals surface area contributed by atoms with E-state index in [9.17, 15) is 18.0 Å². The number of fused-ring (bicyclic) bond motifs is 1. The van der Waals surface area contributed by atoms with Crippen molar-refractivity contribution in [1.29, 1.82) is 0 Å². The maximum absolute atomic E-state index is 13.3. The Morgan fingerprint density at radius 2 is 1.70 bits per heavy atom. The first kappa shape index (κ1) is 24.2. The maximum atomic E-state index is 13.3. The highest BCUT2D eigenvalue weighted by atomic mass is 32.2. The summed E-state index contributed by atoms with van der Waals surface area (Å²) in [6.07, 6.45) is 6.83. The van der Waals surface area contributed by atoms with E-state index < -0.39 is 10.0 Å². The first-order chi connectivity index (χ1) is 15.8. The molecule has 3 aliphatic rings. The topological polar surface area (TPSA) is 78.0 Å². The first-order valence-corrected chi connectivity index (χ1v) is 14.0. The summed E-state index contributed by atoms with van der Waals surface area (Å²) in [5.74, 6) is 0.654. The van der Waals surface area contributed by atoms with Crippen LogP contribution in [0.4, 0.5) is 5.69 Å². The average Bonchev–Trinajstić information content (AvgIpc) is 3.26. The molecule has 7 nitrogen and oxygen atoms in total. The van der Waals surface area contributed by atoms with E-state index in [-0.39, 0.29) is 30.7 Å². The molecule has 1 unspecified atom stereocenters. The zero-order valence-electron chi connectivity index (χ0n) is 20.0. The van der Waals surface area contributed by atoms with E-state index >= 15 is 0 Å². The number of piperidine rings is 2. The van der Waals surface area contributed by atoms with Crippen LogP contribution in [0.25, 0.3) is 0 Å². The fourth-order valence-corrected chi connectivity index (χ4v) is 7.21. The Kier molecular flexibility index (Phi) is 7.43. The lowest BCUT2D eigenvalue weighted by atomic mass is 9.99. The molecule has 33 heavy (non-hydrogen) atoms. The molecule has 1 atom stereocenters. The highest BCUT2D eigenvalue weighted by Crippen LogP contribution is 2.33. The minimum absolute atomic E-state index is 0.0584. The summed E-state index contributed by atoms with van der Waals surface area (Å²) in [6, 6.07) is 5.22. The second-order valence-electron chi connectivity index (χ2n) is 9.82. The number of anilines is 1. The molecule has 1 aromatic carbocycles. The number of carbonyl (C=O) groups is 2. The summed E-state index contributed by atoms with van der Waals surface area (Å²) < 4.78 is 28.3. The van der Waals surface area contributed by atoms with Gasteiger partial charge in [-0.15, -0.1) is 0 Å². The molecule has 8 heteroatoms. The van der Waals surface area contributed by atoms with Crippen LogP contribution in [0, 0.1) is 5.92 Å². The van der Waals surface area contributed by atoms with Crippen molar-refractivity contribution in [2.24, 2.45) is 5.92 Å². The molecule has 182 valence electrons. The summed E-state index contributed by atoms with van der Waals surface area (Å²) in [7, 11) is -3.54. The lowest BCUT2D eigenvalue weighted by Gasteiger charge is -2.34. The number of carbonyl (C=O) groups excluding carboxylic acids is 2. The number of nitrogens with zero attached hydrogens (tertiary/aromatic N) is 3. The van der Waals surface area contributed by atoms with Gasteiger partial charge in [0, 0.05) is 50.7 Å². The maximum Gasteiger partial charge on any atom is 0.243 e. The van der Waals surface area contributed by atoms with E-state index in [0.29, 0.717) is 30.3 Å². The van der Waals surface area contributed by atoms with Crippen LogP contribution in [0.3, 0.4) is 0 Å². The Bertz CT molecular complexity index is 985. The highest BCUT2D eigenvalue weighted by Gasteiger charge is 2.34. The smallest absolute Gasteiger partial charge is 0.243 e. The van der Waals surface area contributed by atoms with E-state index in [1.54, 1.807) is 27.4 Å². The molecular weight excluding hydrogens is 438 g/mol. The first-order valence-electron chi connectivity index (χ1n) is 12.5. The third kappa shape index (κ3) is 5.11. The summed E-state index contributed by atoms with van der Waals surface area (Å²) in [6.45, 7) is 6.94. The van der Waals surface area contributed by atoms with Crippen LogP contribution >= 0.6 is 0 Å². The molecule has 2 amide bonds. The van der Waals surface area contributed by atoms with Crippen LogP contribution in [-0.4, -0.2) is 61.7 Å². The predicted octanol–water partition coefficient (Wildman–Crippen LogP) is 3.57. The van der Waals surface area contributed by atoms with Gasteiger partial charge in [0.15, 0.2) is 0 Å². The molecule has 0 N–H and O–H groups in total. The lowest BCUT2D eigenvalue weighted by Crippen LogP contribution is -2.43. The average molecular weight is 476 g/mol. The van der Waals surface area contributed by atoms with Gasteiger partial charge in [0.05, 0.1) is 4.90 Å². The van der Waals surface area contributed by atoms with Gasteiger partial charge < -0.3 is 9.80 Å². The molecule has 3 heterocycles. The molecule has 2 saturated heterocycles. The Balaban J connectivity index is 1.40. The fourth-order valence-electron chi connectivity index (χ4n) is 5.40. The molecule has 0 aliphatic carbocycles. The van der Waals surface area contributed by atoms with Gasteiger partial charge >= 0.3 is 0 Å². The predicted molar refractivity (Wildman–Crippen MR) is 129 cm³/mol. The van der Waals surface area contributed by atoms with Crippen molar-refractivity contribution >= 4 is 27.5 Å². The van der Waals surface area contributed by atoms with Gasteiger partial charge in [0.2, 0.25) is 21.8 Å². The van der Waals surface area contributed by atoms with Crippen molar-refractivity contribution in [3.05, 3.63) is 23.8 Å². The molecule has 2 fully saturated rings. The molecule has 1 aromatic rings. The lowest BCUT2D eigenvalue weighted by molar-refractivity contribution is -0.134. The van der Waals surface area contributed by atoms with Crippen molar-refractivity contribution in [1.82, 2.24) is 9.21 Å². The number of benzene rings is 1. The molecule has 3 aliphatic heterocycles. The van der Waals surface area contributed by atoms with Crippen LogP contribution in [-0.2, 0) is 26.0 Å². The van der Waals surface area contributed by atoms with E-state index in [2.05, 4.69) is 6.92 Å². The van der Waals surface area contributed by atoms with Gasteiger partial charge in [-0.1, -0.05) is 20.3 Å². The van der Waals surface area contributed by atoms with Crippen molar-refractivity contribution in [3.63, 3.8) is 0 Å². The second-order valence-corrected chi connectivity index (χ2v) is 11.7. The SMILES string of the molecule is CCC1CCCCN1S(=O)(=O)c1ccc2c(c1)CCN2C(=O)CCC(=O)N1CCC(C)CC1. The summed E-state index contributed by atoms with van der Waals surface area (Å²) in [5.41, 5.74) is 1.68. The van der Waals surface area contributed by atoms with Crippen LogP contribution in [0.15, 0.2) is 23.1 Å². The van der Waals surface area contributed by atoms with E-state index in [4.69, 9.17) is 0 Å². The van der Waals surface area contributed by atoms with E-state index in [0.717, 1.165) is 62.9 Å². The van der Waals surface area contributed by atoms with Gasteiger partial charge in [-0.05, 0) is 68.2 Å². The van der Waals surface area contributed by atoms with Gasteiger partial charge in [0.1, 0.15) is 0 Å². The Labute approximate surface area is 198 Å². The number of likely N-dealkylation sites (tertiary alicyclic amines) is 1. The number of hydrogen-bond acceptors (Lipinski definition) is 4. The van der Waals surface area contributed by atoms with Gasteiger partial charge in [-0.2, -0.15) is 4.31 Å². The van der Waals surface area contributed by atoms with E-state index in [1.807, 2.05) is 11.8 Å². The van der Waals surface area contributed by atoms with Gasteiger partial charge in [0.25, 0.3) is 0 Å². The largest absolute Gasteiger partial charge is 0.343 e. The second kappa shape index (κ2) is 10.1. The Morgan fingerprint density at radius 1 is 0.970 bits per heavy atom. The summed E-state index contributed by atoms with van der Waals surface area (Å²) >= 11 is 0. The van der Waals surface area contributed by atoms with Gasteiger partial charge in [-0.25, -0.2) is 8.42 Å². The highest BCUT2D eigenvalue weighted by molar-refractivity contribution is 7.89. The third-order valence-corrected chi connectivity index (χ3v) is 9.54. The Morgan fingerprint density at radius 3 is 2.42 bits per heavy atom. The molecule has 0 bridgehead atoms. The monoisotopic (exact) mass is 475 g/mol. The normalized spacial score (nSPS) is 22.4. The zero-order valence-corrected chi connectivity index (χ0v) is 20.8.